The van der Waals surface area contributed by atoms with Gasteiger partial charge in [-0.2, -0.15) is 0 Å². The normalized spacial score (nSPS) is 10.6. The maximum Gasteiger partial charge on any atom is 0.158 e. The van der Waals surface area contributed by atoms with E-state index in [1.807, 2.05) is 19.9 Å². The molecule has 0 bridgehead atoms. The van der Waals surface area contributed by atoms with Crippen molar-refractivity contribution in [1.29, 1.82) is 0 Å². The van der Waals surface area contributed by atoms with Crippen LogP contribution >= 0.6 is 0 Å². The van der Waals surface area contributed by atoms with Gasteiger partial charge in [0.25, 0.3) is 0 Å². The third-order valence-electron chi connectivity index (χ3n) is 2.00. The van der Waals surface area contributed by atoms with Crippen LogP contribution in [-0.4, -0.2) is 29.2 Å². The molecule has 0 fully saturated rings. The molecule has 0 aliphatic heterocycles. The molecule has 0 spiro atoms. The van der Waals surface area contributed by atoms with Gasteiger partial charge in [-0.05, 0) is 27.7 Å². The number of rotatable bonds is 7. The molecule has 0 aliphatic rings. The summed E-state index contributed by atoms with van der Waals surface area (Å²) in [5.41, 5.74) is 0. The predicted octanol–water partition coefficient (Wildman–Crippen LogP) is 2.27. The van der Waals surface area contributed by atoms with E-state index in [1.165, 1.54) is 0 Å². The Bertz CT molecular complexity index is 341. The van der Waals surface area contributed by atoms with Crippen LogP contribution in [0.15, 0.2) is 6.07 Å². The van der Waals surface area contributed by atoms with E-state index in [2.05, 4.69) is 34.4 Å². The maximum absolute atomic E-state index is 5.33. The summed E-state index contributed by atoms with van der Waals surface area (Å²) in [7, 11) is 0. The minimum absolute atomic E-state index is 0.347. The molecule has 0 unspecified atom stereocenters. The number of nitrogens with one attached hydrogen (secondary N) is 2. The molecule has 0 saturated heterocycles. The molecule has 5 heteroatoms. The van der Waals surface area contributed by atoms with Gasteiger partial charge in [0.2, 0.25) is 0 Å². The van der Waals surface area contributed by atoms with E-state index in [1.54, 1.807) is 0 Å². The fourth-order valence-corrected chi connectivity index (χ4v) is 1.40. The Kier molecular flexibility index (Phi) is 5.69. The lowest BCUT2D eigenvalue weighted by Gasteiger charge is -2.12. The van der Waals surface area contributed by atoms with Crippen LogP contribution in [-0.2, 0) is 11.3 Å². The number of ether oxygens (including phenoxy) is 1. The van der Waals surface area contributed by atoms with Crippen molar-refractivity contribution >= 4 is 11.6 Å². The molecule has 0 radical (unpaired) electrons. The Labute approximate surface area is 103 Å². The zero-order valence-corrected chi connectivity index (χ0v) is 11.1. The molecule has 0 atom stereocenters. The van der Waals surface area contributed by atoms with Crippen molar-refractivity contribution in [2.24, 2.45) is 0 Å². The number of hydrogen-bond donors (Lipinski definition) is 2. The summed E-state index contributed by atoms with van der Waals surface area (Å²) in [5, 5.41) is 6.47. The van der Waals surface area contributed by atoms with E-state index < -0.39 is 0 Å². The average molecular weight is 238 g/mol. The third kappa shape index (κ3) is 4.99. The first-order chi connectivity index (χ1) is 8.15. The highest BCUT2D eigenvalue weighted by molar-refractivity contribution is 5.47. The van der Waals surface area contributed by atoms with Gasteiger partial charge < -0.3 is 15.4 Å². The first kappa shape index (κ1) is 13.7. The van der Waals surface area contributed by atoms with Crippen LogP contribution in [0.3, 0.4) is 0 Å². The molecule has 2 N–H and O–H groups in total. The van der Waals surface area contributed by atoms with Gasteiger partial charge in [0.15, 0.2) is 5.82 Å². The summed E-state index contributed by atoms with van der Waals surface area (Å²) in [6.45, 7) is 10.1. The highest BCUT2D eigenvalue weighted by Crippen LogP contribution is 2.12. The van der Waals surface area contributed by atoms with E-state index >= 15 is 0 Å². The monoisotopic (exact) mass is 238 g/mol. The number of nitrogens with zero attached hydrogens (tertiary/aromatic N) is 2. The van der Waals surface area contributed by atoms with E-state index in [0.717, 1.165) is 18.2 Å². The highest BCUT2D eigenvalue weighted by atomic mass is 16.5. The van der Waals surface area contributed by atoms with E-state index in [-0.39, 0.29) is 0 Å². The molecule has 0 saturated carbocycles. The van der Waals surface area contributed by atoms with Gasteiger partial charge in [-0.1, -0.05) is 0 Å². The van der Waals surface area contributed by atoms with Gasteiger partial charge in [-0.3, -0.25) is 0 Å². The fraction of sp³-hybridized carbons (Fsp3) is 0.667. The molecule has 17 heavy (non-hydrogen) atoms. The molecule has 1 aromatic heterocycles. The smallest absolute Gasteiger partial charge is 0.158 e. The molecular weight excluding hydrogens is 216 g/mol. The van der Waals surface area contributed by atoms with Crippen molar-refractivity contribution in [1.82, 2.24) is 9.97 Å². The van der Waals surface area contributed by atoms with Crippen molar-refractivity contribution in [2.45, 2.75) is 40.3 Å². The van der Waals surface area contributed by atoms with Gasteiger partial charge in [0, 0.05) is 25.3 Å². The molecule has 1 aromatic rings. The zero-order chi connectivity index (χ0) is 12.7. The van der Waals surface area contributed by atoms with Crippen LogP contribution in [0.1, 0.15) is 33.5 Å². The Hall–Kier alpha value is -1.36. The van der Waals surface area contributed by atoms with Crippen LogP contribution in [0, 0.1) is 0 Å². The lowest BCUT2D eigenvalue weighted by atomic mass is 10.4. The number of aromatic nitrogens is 2. The Morgan fingerprint density at radius 1 is 1.24 bits per heavy atom. The van der Waals surface area contributed by atoms with Gasteiger partial charge in [-0.15, -0.1) is 0 Å². The van der Waals surface area contributed by atoms with Gasteiger partial charge in [0.1, 0.15) is 18.2 Å². The van der Waals surface area contributed by atoms with Crippen LogP contribution in [0.5, 0.6) is 0 Å². The SMILES string of the molecule is CCNc1cc(NC(C)C)nc(COCC)n1. The first-order valence-electron chi connectivity index (χ1n) is 6.11. The second-order valence-electron chi connectivity index (χ2n) is 4.02. The van der Waals surface area contributed by atoms with Crippen LogP contribution < -0.4 is 10.6 Å². The average Bonchev–Trinajstić information content (AvgIpc) is 2.25. The molecule has 0 aromatic carbocycles. The van der Waals surface area contributed by atoms with Crippen molar-refractivity contribution in [2.75, 3.05) is 23.8 Å². The minimum Gasteiger partial charge on any atom is -0.374 e. The lowest BCUT2D eigenvalue weighted by molar-refractivity contribution is 0.128. The molecule has 1 rings (SSSR count). The van der Waals surface area contributed by atoms with Crippen LogP contribution in [0.2, 0.25) is 0 Å². The predicted molar refractivity (Wildman–Crippen MR) is 70.3 cm³/mol. The summed E-state index contributed by atoms with van der Waals surface area (Å²) in [5.74, 6) is 2.37. The maximum atomic E-state index is 5.33. The number of anilines is 2. The molecule has 0 aliphatic carbocycles. The minimum atomic E-state index is 0.347. The Morgan fingerprint density at radius 3 is 2.53 bits per heavy atom. The second-order valence-corrected chi connectivity index (χ2v) is 4.02. The van der Waals surface area contributed by atoms with E-state index in [9.17, 15) is 0 Å². The summed E-state index contributed by atoms with van der Waals surface area (Å²) in [6, 6.07) is 2.26. The summed E-state index contributed by atoms with van der Waals surface area (Å²) in [6.07, 6.45) is 0. The standard InChI is InChI=1S/C12H22N4O/c1-5-13-10-7-11(14-9(3)4)16-12(15-10)8-17-6-2/h7,9H,5-6,8H2,1-4H3,(H2,13,14,15,16). The van der Waals surface area contributed by atoms with Crippen molar-refractivity contribution < 1.29 is 4.74 Å². The summed E-state index contributed by atoms with van der Waals surface area (Å²) in [4.78, 5) is 8.79. The lowest BCUT2D eigenvalue weighted by Crippen LogP contribution is -2.14. The number of hydrogen-bond acceptors (Lipinski definition) is 5. The van der Waals surface area contributed by atoms with Gasteiger partial charge >= 0.3 is 0 Å². The second kappa shape index (κ2) is 7.06. The largest absolute Gasteiger partial charge is 0.374 e. The molecule has 96 valence electrons. The first-order valence-corrected chi connectivity index (χ1v) is 6.11. The van der Waals surface area contributed by atoms with Crippen LogP contribution in [0.4, 0.5) is 11.6 Å². The summed E-state index contributed by atoms with van der Waals surface area (Å²) >= 11 is 0. The van der Waals surface area contributed by atoms with Crippen molar-refractivity contribution in [3.8, 4) is 0 Å². The third-order valence-corrected chi connectivity index (χ3v) is 2.00. The zero-order valence-electron chi connectivity index (χ0n) is 11.1. The van der Waals surface area contributed by atoms with Crippen molar-refractivity contribution in [3.63, 3.8) is 0 Å². The molecule has 1 heterocycles. The Balaban J connectivity index is 2.84. The van der Waals surface area contributed by atoms with Gasteiger partial charge in [0.05, 0.1) is 0 Å². The quantitative estimate of drug-likeness (QED) is 0.763. The molecular formula is C12H22N4O. The van der Waals surface area contributed by atoms with E-state index in [4.69, 9.17) is 4.74 Å². The summed E-state index contributed by atoms with van der Waals surface area (Å²) < 4.78 is 5.33. The highest BCUT2D eigenvalue weighted by Gasteiger charge is 2.05. The van der Waals surface area contributed by atoms with Gasteiger partial charge in [-0.25, -0.2) is 9.97 Å². The van der Waals surface area contributed by atoms with E-state index in [0.29, 0.717) is 25.1 Å². The van der Waals surface area contributed by atoms with Crippen LogP contribution in [0.25, 0.3) is 0 Å². The topological polar surface area (TPSA) is 59.1 Å². The fourth-order valence-electron chi connectivity index (χ4n) is 1.40. The molecule has 0 amide bonds. The molecule has 5 nitrogen and oxygen atoms in total. The van der Waals surface area contributed by atoms with Crippen molar-refractivity contribution in [3.05, 3.63) is 11.9 Å². The Morgan fingerprint density at radius 2 is 1.94 bits per heavy atom.